The molecule has 31 heavy (non-hydrogen) atoms. The standard InChI is InChI=1S/C22H22N6O3/c29-21(23-11-10-17-13-24-19-9-5-4-8-18(17)19)14-31-22(30)20(28-15-25-26-27-28)12-16-6-2-1-3-7-16/h1-9,13,15,20,24H,10-12,14H2,(H,23,29)/t20-/m0/s1. The highest BCUT2D eigenvalue weighted by Crippen LogP contribution is 2.18. The van der Waals surface area contributed by atoms with Crippen molar-refractivity contribution in [3.63, 3.8) is 0 Å². The van der Waals surface area contributed by atoms with E-state index in [4.69, 9.17) is 4.74 Å². The van der Waals surface area contributed by atoms with E-state index in [0.717, 1.165) is 22.0 Å². The fourth-order valence-corrected chi connectivity index (χ4v) is 3.39. The van der Waals surface area contributed by atoms with Crippen molar-refractivity contribution in [3.8, 4) is 0 Å². The van der Waals surface area contributed by atoms with E-state index in [2.05, 4.69) is 25.8 Å². The first-order chi connectivity index (χ1) is 15.2. The van der Waals surface area contributed by atoms with Crippen LogP contribution in [0.3, 0.4) is 0 Å². The predicted molar refractivity (Wildman–Crippen MR) is 113 cm³/mol. The Kier molecular flexibility index (Phi) is 6.32. The quantitative estimate of drug-likeness (QED) is 0.401. The van der Waals surface area contributed by atoms with Crippen molar-refractivity contribution in [2.75, 3.05) is 13.2 Å². The second-order valence-corrected chi connectivity index (χ2v) is 7.06. The SMILES string of the molecule is O=C(COC(=O)[C@H](Cc1ccccc1)n1cnnn1)NCCc1c[nH]c2ccccc12. The van der Waals surface area contributed by atoms with Gasteiger partial charge in [0.15, 0.2) is 12.6 Å². The Morgan fingerprint density at radius 2 is 1.90 bits per heavy atom. The Bertz CT molecular complexity index is 1140. The number of aromatic nitrogens is 5. The molecule has 1 atom stereocenters. The van der Waals surface area contributed by atoms with Crippen LogP contribution in [-0.4, -0.2) is 50.2 Å². The largest absolute Gasteiger partial charge is 0.454 e. The van der Waals surface area contributed by atoms with Crippen molar-refractivity contribution < 1.29 is 14.3 Å². The first kappa shape index (κ1) is 20.3. The van der Waals surface area contributed by atoms with Gasteiger partial charge in [0.1, 0.15) is 6.33 Å². The lowest BCUT2D eigenvalue weighted by atomic mass is 10.1. The van der Waals surface area contributed by atoms with Crippen LogP contribution in [0.15, 0.2) is 67.1 Å². The molecule has 0 saturated heterocycles. The van der Waals surface area contributed by atoms with Gasteiger partial charge in [0.25, 0.3) is 5.91 Å². The Morgan fingerprint density at radius 1 is 1.10 bits per heavy atom. The van der Waals surface area contributed by atoms with Gasteiger partial charge in [-0.05, 0) is 34.0 Å². The number of aromatic amines is 1. The molecule has 0 aliphatic rings. The fraction of sp³-hybridized carbons (Fsp3) is 0.227. The number of carbonyl (C=O) groups excluding carboxylic acids is 2. The van der Waals surface area contributed by atoms with Gasteiger partial charge in [-0.1, -0.05) is 48.5 Å². The molecule has 2 N–H and O–H groups in total. The highest BCUT2D eigenvalue weighted by atomic mass is 16.5. The van der Waals surface area contributed by atoms with Gasteiger partial charge in [0.05, 0.1) is 0 Å². The number of tetrazole rings is 1. The van der Waals surface area contributed by atoms with Crippen LogP contribution in [0.1, 0.15) is 17.2 Å². The monoisotopic (exact) mass is 418 g/mol. The summed E-state index contributed by atoms with van der Waals surface area (Å²) < 4.78 is 6.58. The number of hydrogen-bond donors (Lipinski definition) is 2. The second-order valence-electron chi connectivity index (χ2n) is 7.06. The van der Waals surface area contributed by atoms with Crippen molar-refractivity contribution in [2.45, 2.75) is 18.9 Å². The van der Waals surface area contributed by atoms with Crippen LogP contribution < -0.4 is 5.32 Å². The van der Waals surface area contributed by atoms with E-state index in [1.54, 1.807) is 0 Å². The van der Waals surface area contributed by atoms with E-state index in [1.165, 1.54) is 11.0 Å². The molecule has 2 heterocycles. The summed E-state index contributed by atoms with van der Waals surface area (Å²) in [7, 11) is 0. The summed E-state index contributed by atoms with van der Waals surface area (Å²) >= 11 is 0. The van der Waals surface area contributed by atoms with Gasteiger partial charge >= 0.3 is 5.97 Å². The van der Waals surface area contributed by atoms with Crippen LogP contribution in [0, 0.1) is 0 Å². The number of ether oxygens (including phenoxy) is 1. The van der Waals surface area contributed by atoms with Crippen LogP contribution >= 0.6 is 0 Å². The average Bonchev–Trinajstić information content (AvgIpc) is 3.47. The molecule has 0 aliphatic carbocycles. The highest BCUT2D eigenvalue weighted by molar-refractivity contribution is 5.83. The Hall–Kier alpha value is -4.01. The third-order valence-corrected chi connectivity index (χ3v) is 4.97. The zero-order valence-electron chi connectivity index (χ0n) is 16.8. The Balaban J connectivity index is 1.28. The van der Waals surface area contributed by atoms with Gasteiger partial charge < -0.3 is 15.0 Å². The van der Waals surface area contributed by atoms with E-state index in [1.807, 2.05) is 60.8 Å². The van der Waals surface area contributed by atoms with Crippen LogP contribution in [0.2, 0.25) is 0 Å². The summed E-state index contributed by atoms with van der Waals surface area (Å²) in [5.74, 6) is -0.925. The van der Waals surface area contributed by atoms with Gasteiger partial charge in [-0.2, -0.15) is 0 Å². The molecule has 2 aromatic heterocycles. The second kappa shape index (κ2) is 9.66. The lowest BCUT2D eigenvalue weighted by Crippen LogP contribution is -2.33. The number of nitrogens with one attached hydrogen (secondary N) is 2. The number of nitrogens with zero attached hydrogens (tertiary/aromatic N) is 4. The minimum atomic E-state index is -0.753. The average molecular weight is 418 g/mol. The lowest BCUT2D eigenvalue weighted by molar-refractivity contribution is -0.152. The number of para-hydroxylation sites is 1. The predicted octanol–water partition coefficient (Wildman–Crippen LogP) is 1.84. The number of rotatable bonds is 9. The number of carbonyl (C=O) groups is 2. The van der Waals surface area contributed by atoms with Crippen molar-refractivity contribution >= 4 is 22.8 Å². The van der Waals surface area contributed by atoms with E-state index >= 15 is 0 Å². The summed E-state index contributed by atoms with van der Waals surface area (Å²) in [5, 5.41) is 14.9. The molecule has 0 aliphatic heterocycles. The zero-order valence-corrected chi connectivity index (χ0v) is 16.8. The summed E-state index contributed by atoms with van der Waals surface area (Å²) in [5.41, 5.74) is 3.11. The molecule has 2 aromatic carbocycles. The summed E-state index contributed by atoms with van der Waals surface area (Å²) in [6.45, 7) is 0.0821. The molecule has 0 fully saturated rings. The normalized spacial score (nSPS) is 11.9. The minimum absolute atomic E-state index is 0.354. The number of H-pyrrole nitrogens is 1. The molecule has 4 rings (SSSR count). The van der Waals surface area contributed by atoms with Crippen LogP contribution in [-0.2, 0) is 27.2 Å². The number of hydrogen-bond acceptors (Lipinski definition) is 6. The van der Waals surface area contributed by atoms with Gasteiger partial charge in [-0.3, -0.25) is 4.79 Å². The summed E-state index contributed by atoms with van der Waals surface area (Å²) in [6.07, 6.45) is 4.32. The number of fused-ring (bicyclic) bond motifs is 1. The van der Waals surface area contributed by atoms with E-state index < -0.39 is 12.0 Å². The van der Waals surface area contributed by atoms with Crippen molar-refractivity contribution in [2.24, 2.45) is 0 Å². The molecule has 0 saturated carbocycles. The molecule has 1 amide bonds. The van der Waals surface area contributed by atoms with Crippen LogP contribution in [0.5, 0.6) is 0 Å². The third-order valence-electron chi connectivity index (χ3n) is 4.97. The smallest absolute Gasteiger partial charge is 0.331 e. The van der Waals surface area contributed by atoms with Gasteiger partial charge in [0.2, 0.25) is 0 Å². The molecular formula is C22H22N6O3. The van der Waals surface area contributed by atoms with Crippen molar-refractivity contribution in [1.29, 1.82) is 0 Å². The maximum atomic E-state index is 12.6. The Morgan fingerprint density at radius 3 is 2.71 bits per heavy atom. The third kappa shape index (κ3) is 5.13. The van der Waals surface area contributed by atoms with E-state index in [0.29, 0.717) is 19.4 Å². The van der Waals surface area contributed by atoms with Crippen molar-refractivity contribution in [3.05, 3.63) is 78.2 Å². The molecule has 0 spiro atoms. The molecular weight excluding hydrogens is 396 g/mol. The molecule has 0 unspecified atom stereocenters. The molecule has 0 bridgehead atoms. The van der Waals surface area contributed by atoms with Crippen LogP contribution in [0.4, 0.5) is 0 Å². The molecule has 0 radical (unpaired) electrons. The zero-order chi connectivity index (χ0) is 21.5. The van der Waals surface area contributed by atoms with Gasteiger partial charge in [-0.15, -0.1) is 5.10 Å². The maximum Gasteiger partial charge on any atom is 0.331 e. The Labute approximate surface area is 178 Å². The van der Waals surface area contributed by atoms with Crippen molar-refractivity contribution in [1.82, 2.24) is 30.5 Å². The van der Waals surface area contributed by atoms with Crippen LogP contribution in [0.25, 0.3) is 10.9 Å². The minimum Gasteiger partial charge on any atom is -0.454 e. The number of esters is 1. The molecule has 158 valence electrons. The van der Waals surface area contributed by atoms with Gasteiger partial charge in [0, 0.05) is 30.1 Å². The van der Waals surface area contributed by atoms with E-state index in [9.17, 15) is 9.59 Å². The number of amides is 1. The van der Waals surface area contributed by atoms with E-state index in [-0.39, 0.29) is 12.5 Å². The number of benzene rings is 2. The molecule has 9 nitrogen and oxygen atoms in total. The molecule has 9 heteroatoms. The maximum absolute atomic E-state index is 12.6. The highest BCUT2D eigenvalue weighted by Gasteiger charge is 2.24. The first-order valence-corrected chi connectivity index (χ1v) is 9.95. The summed E-state index contributed by atoms with van der Waals surface area (Å²) in [6, 6.07) is 16.7. The topological polar surface area (TPSA) is 115 Å². The molecule has 4 aromatic rings. The van der Waals surface area contributed by atoms with Gasteiger partial charge in [-0.25, -0.2) is 9.48 Å². The first-order valence-electron chi connectivity index (χ1n) is 9.95. The fourth-order valence-electron chi connectivity index (χ4n) is 3.39. The summed E-state index contributed by atoms with van der Waals surface area (Å²) in [4.78, 5) is 28.0. The lowest BCUT2D eigenvalue weighted by Gasteiger charge is -2.15.